The summed E-state index contributed by atoms with van der Waals surface area (Å²) >= 11 is 0. The Morgan fingerprint density at radius 2 is 1.96 bits per heavy atom. The van der Waals surface area contributed by atoms with Crippen molar-refractivity contribution in [3.63, 3.8) is 0 Å². The second kappa shape index (κ2) is 7.72. The number of hydrogen-bond acceptors (Lipinski definition) is 3. The Balaban J connectivity index is 2.00. The van der Waals surface area contributed by atoms with Crippen LogP contribution in [0, 0.1) is 5.82 Å². The van der Waals surface area contributed by atoms with Crippen LogP contribution in [-0.4, -0.2) is 35.5 Å². The van der Waals surface area contributed by atoms with Gasteiger partial charge in [0.15, 0.2) is 11.6 Å². The van der Waals surface area contributed by atoms with E-state index in [1.807, 2.05) is 26.0 Å². The summed E-state index contributed by atoms with van der Waals surface area (Å²) in [7, 11) is 1.71. The predicted octanol–water partition coefficient (Wildman–Crippen LogP) is 3.32. The van der Waals surface area contributed by atoms with Crippen molar-refractivity contribution in [2.75, 3.05) is 13.6 Å². The largest absolute Gasteiger partial charge is 0.488 e. The summed E-state index contributed by atoms with van der Waals surface area (Å²) in [6, 6.07) is 8.14. The van der Waals surface area contributed by atoms with Gasteiger partial charge in [0.25, 0.3) is 5.91 Å². The Morgan fingerprint density at radius 1 is 1.26 bits per heavy atom. The van der Waals surface area contributed by atoms with E-state index in [4.69, 9.17) is 4.74 Å². The molecule has 4 nitrogen and oxygen atoms in total. The number of likely N-dealkylation sites (N-methyl/N-ethyl adjacent to an activating group) is 1. The Hall–Kier alpha value is -2.43. The molecule has 1 aromatic carbocycles. The van der Waals surface area contributed by atoms with Gasteiger partial charge in [-0.1, -0.05) is 0 Å². The SMILES string of the molecule is CC(C)Oc1ccc(C(=O)N(C)CCc2ccncc2)cc1F. The van der Waals surface area contributed by atoms with Crippen LogP contribution in [0.3, 0.4) is 0 Å². The van der Waals surface area contributed by atoms with Gasteiger partial charge in [-0.15, -0.1) is 0 Å². The molecule has 2 aromatic rings. The van der Waals surface area contributed by atoms with Gasteiger partial charge in [0.2, 0.25) is 0 Å². The normalized spacial score (nSPS) is 10.7. The third-order valence-electron chi connectivity index (χ3n) is 3.37. The number of ether oxygens (including phenoxy) is 1. The first kappa shape index (κ1) is 16.9. The molecule has 0 fully saturated rings. The van der Waals surface area contributed by atoms with Gasteiger partial charge in [0, 0.05) is 31.5 Å². The van der Waals surface area contributed by atoms with Crippen molar-refractivity contribution < 1.29 is 13.9 Å². The standard InChI is InChI=1S/C18H21FN2O2/c1-13(2)23-17-5-4-15(12-16(17)19)18(22)21(3)11-8-14-6-9-20-10-7-14/h4-7,9-10,12-13H,8,11H2,1-3H3. The third kappa shape index (κ3) is 4.77. The number of nitrogens with zero attached hydrogens (tertiary/aromatic N) is 2. The first-order chi connectivity index (χ1) is 11.0. The van der Waals surface area contributed by atoms with E-state index in [1.54, 1.807) is 30.4 Å². The van der Waals surface area contributed by atoms with E-state index in [1.165, 1.54) is 12.1 Å². The van der Waals surface area contributed by atoms with Gasteiger partial charge in [0.1, 0.15) is 0 Å². The van der Waals surface area contributed by atoms with E-state index >= 15 is 0 Å². The second-order valence-corrected chi connectivity index (χ2v) is 5.64. The Bertz CT molecular complexity index is 659. The minimum atomic E-state index is -0.521. The summed E-state index contributed by atoms with van der Waals surface area (Å²) in [6.45, 7) is 4.20. The topological polar surface area (TPSA) is 42.4 Å². The van der Waals surface area contributed by atoms with Crippen LogP contribution in [0.25, 0.3) is 0 Å². The molecule has 0 aliphatic heterocycles. The van der Waals surface area contributed by atoms with Crippen LogP contribution < -0.4 is 4.74 Å². The minimum Gasteiger partial charge on any atom is -0.488 e. The van der Waals surface area contributed by atoms with E-state index in [2.05, 4.69) is 4.98 Å². The fraction of sp³-hybridized carbons (Fsp3) is 0.333. The lowest BCUT2D eigenvalue weighted by Crippen LogP contribution is -2.29. The van der Waals surface area contributed by atoms with Crippen LogP contribution in [0.2, 0.25) is 0 Å². The van der Waals surface area contributed by atoms with Crippen molar-refractivity contribution in [1.82, 2.24) is 9.88 Å². The van der Waals surface area contributed by atoms with Crippen molar-refractivity contribution in [2.24, 2.45) is 0 Å². The van der Waals surface area contributed by atoms with Gasteiger partial charge in [0.05, 0.1) is 6.10 Å². The fourth-order valence-electron chi connectivity index (χ4n) is 2.15. The zero-order chi connectivity index (χ0) is 16.8. The molecule has 0 radical (unpaired) electrons. The highest BCUT2D eigenvalue weighted by Crippen LogP contribution is 2.20. The first-order valence-corrected chi connectivity index (χ1v) is 7.58. The maximum Gasteiger partial charge on any atom is 0.253 e. The Labute approximate surface area is 135 Å². The summed E-state index contributed by atoms with van der Waals surface area (Å²) in [6.07, 6.45) is 4.05. The Kier molecular flexibility index (Phi) is 5.68. The van der Waals surface area contributed by atoms with Gasteiger partial charge in [-0.2, -0.15) is 0 Å². The summed E-state index contributed by atoms with van der Waals surface area (Å²) < 4.78 is 19.3. The van der Waals surface area contributed by atoms with Crippen molar-refractivity contribution in [3.8, 4) is 5.75 Å². The van der Waals surface area contributed by atoms with Crippen molar-refractivity contribution >= 4 is 5.91 Å². The van der Waals surface area contributed by atoms with Crippen LogP contribution >= 0.6 is 0 Å². The van der Waals surface area contributed by atoms with E-state index in [0.717, 1.165) is 12.0 Å². The predicted molar refractivity (Wildman–Crippen MR) is 87.1 cm³/mol. The molecule has 0 aliphatic carbocycles. The maximum absolute atomic E-state index is 14.0. The van der Waals surface area contributed by atoms with Gasteiger partial charge in [-0.05, 0) is 56.2 Å². The van der Waals surface area contributed by atoms with Gasteiger partial charge in [-0.25, -0.2) is 4.39 Å². The van der Waals surface area contributed by atoms with Crippen LogP contribution in [0.5, 0.6) is 5.75 Å². The van der Waals surface area contributed by atoms with E-state index in [-0.39, 0.29) is 17.8 Å². The number of hydrogen-bond donors (Lipinski definition) is 0. The molecular weight excluding hydrogens is 295 g/mol. The number of aromatic nitrogens is 1. The summed E-state index contributed by atoms with van der Waals surface area (Å²) in [5.41, 5.74) is 1.42. The number of carbonyl (C=O) groups excluding carboxylic acids is 1. The first-order valence-electron chi connectivity index (χ1n) is 7.58. The molecule has 0 saturated carbocycles. The molecule has 1 aromatic heterocycles. The zero-order valence-electron chi connectivity index (χ0n) is 13.6. The van der Waals surface area contributed by atoms with Crippen molar-refractivity contribution in [2.45, 2.75) is 26.4 Å². The van der Waals surface area contributed by atoms with E-state index in [9.17, 15) is 9.18 Å². The molecule has 1 heterocycles. The molecule has 122 valence electrons. The van der Waals surface area contributed by atoms with Gasteiger partial charge in [-0.3, -0.25) is 9.78 Å². The van der Waals surface area contributed by atoms with Gasteiger partial charge >= 0.3 is 0 Å². The summed E-state index contributed by atoms with van der Waals surface area (Å²) in [4.78, 5) is 17.9. The molecule has 0 N–H and O–H groups in total. The van der Waals surface area contributed by atoms with Crippen LogP contribution in [0.4, 0.5) is 4.39 Å². The molecule has 0 spiro atoms. The molecule has 0 saturated heterocycles. The number of pyridine rings is 1. The lowest BCUT2D eigenvalue weighted by atomic mass is 10.1. The highest BCUT2D eigenvalue weighted by Gasteiger charge is 2.15. The van der Waals surface area contributed by atoms with E-state index in [0.29, 0.717) is 12.1 Å². The van der Waals surface area contributed by atoms with Crippen LogP contribution in [0.1, 0.15) is 29.8 Å². The average molecular weight is 316 g/mol. The quantitative estimate of drug-likeness (QED) is 0.821. The summed E-state index contributed by atoms with van der Waals surface area (Å²) in [5.74, 6) is -0.572. The lowest BCUT2D eigenvalue weighted by molar-refractivity contribution is 0.0796. The number of benzene rings is 1. The second-order valence-electron chi connectivity index (χ2n) is 5.64. The monoisotopic (exact) mass is 316 g/mol. The molecule has 2 rings (SSSR count). The Morgan fingerprint density at radius 3 is 2.57 bits per heavy atom. The fourth-order valence-corrected chi connectivity index (χ4v) is 2.15. The highest BCUT2D eigenvalue weighted by atomic mass is 19.1. The van der Waals surface area contributed by atoms with Crippen LogP contribution in [0.15, 0.2) is 42.7 Å². The number of halogens is 1. The molecule has 23 heavy (non-hydrogen) atoms. The minimum absolute atomic E-state index is 0.117. The summed E-state index contributed by atoms with van der Waals surface area (Å²) in [5, 5.41) is 0. The molecule has 0 unspecified atom stereocenters. The molecule has 0 atom stereocenters. The number of carbonyl (C=O) groups is 1. The third-order valence-corrected chi connectivity index (χ3v) is 3.37. The van der Waals surface area contributed by atoms with Crippen molar-refractivity contribution in [3.05, 3.63) is 59.7 Å². The number of rotatable bonds is 6. The molecule has 0 bridgehead atoms. The zero-order valence-corrected chi connectivity index (χ0v) is 13.6. The van der Waals surface area contributed by atoms with Crippen molar-refractivity contribution in [1.29, 1.82) is 0 Å². The lowest BCUT2D eigenvalue weighted by Gasteiger charge is -2.18. The highest BCUT2D eigenvalue weighted by molar-refractivity contribution is 5.94. The number of amides is 1. The molecule has 5 heteroatoms. The molecule has 0 aliphatic rings. The van der Waals surface area contributed by atoms with E-state index < -0.39 is 5.82 Å². The smallest absolute Gasteiger partial charge is 0.253 e. The average Bonchev–Trinajstić information content (AvgIpc) is 2.54. The molecule has 1 amide bonds. The van der Waals surface area contributed by atoms with Gasteiger partial charge < -0.3 is 9.64 Å². The maximum atomic E-state index is 14.0. The van der Waals surface area contributed by atoms with Crippen LogP contribution in [-0.2, 0) is 6.42 Å². The molecular formula is C18H21FN2O2.